The molecule has 0 atom stereocenters. The highest BCUT2D eigenvalue weighted by atomic mass is 16.5. The highest BCUT2D eigenvalue weighted by molar-refractivity contribution is 5.57. The lowest BCUT2D eigenvalue weighted by atomic mass is 10.3. The molecule has 0 radical (unpaired) electrons. The predicted molar refractivity (Wildman–Crippen MR) is 64.6 cm³/mol. The number of aromatic nitrogens is 5. The van der Waals surface area contributed by atoms with E-state index >= 15 is 0 Å². The first-order valence-corrected chi connectivity index (χ1v) is 5.48. The molecule has 7 heteroatoms. The fourth-order valence-electron chi connectivity index (χ4n) is 1.52. The zero-order valence-corrected chi connectivity index (χ0v) is 9.95. The van der Waals surface area contributed by atoms with Crippen LogP contribution in [0.2, 0.25) is 0 Å². The minimum atomic E-state index is 0.315. The number of nitrogens with one attached hydrogen (secondary N) is 1. The molecular formula is C12H8N6O. The molecule has 7 nitrogen and oxygen atoms in total. The molecule has 0 fully saturated rings. The highest BCUT2D eigenvalue weighted by Gasteiger charge is 2.13. The summed E-state index contributed by atoms with van der Waals surface area (Å²) >= 11 is 0. The van der Waals surface area contributed by atoms with Gasteiger partial charge in [-0.3, -0.25) is 0 Å². The van der Waals surface area contributed by atoms with E-state index in [9.17, 15) is 0 Å². The monoisotopic (exact) mass is 252 g/mol. The lowest BCUT2D eigenvalue weighted by molar-refractivity contribution is 0.432. The number of aromatic amines is 1. The van der Waals surface area contributed by atoms with Crippen LogP contribution in [0, 0.1) is 18.3 Å². The molecule has 0 saturated carbocycles. The van der Waals surface area contributed by atoms with Crippen molar-refractivity contribution in [3.05, 3.63) is 35.9 Å². The van der Waals surface area contributed by atoms with E-state index in [1.165, 1.54) is 0 Å². The number of rotatable bonds is 2. The van der Waals surface area contributed by atoms with Gasteiger partial charge in [-0.1, -0.05) is 5.16 Å². The van der Waals surface area contributed by atoms with Gasteiger partial charge in [0.2, 0.25) is 11.6 Å². The summed E-state index contributed by atoms with van der Waals surface area (Å²) in [4.78, 5) is 15.2. The third-order valence-corrected chi connectivity index (χ3v) is 2.46. The molecule has 0 aliphatic carbocycles. The van der Waals surface area contributed by atoms with Crippen LogP contribution >= 0.6 is 0 Å². The van der Waals surface area contributed by atoms with Crippen LogP contribution in [0.4, 0.5) is 0 Å². The summed E-state index contributed by atoms with van der Waals surface area (Å²) in [6.07, 6.45) is 5.00. The Kier molecular flexibility index (Phi) is 2.54. The Balaban J connectivity index is 1.95. The molecule has 3 aromatic rings. The molecule has 1 N–H and O–H groups in total. The summed E-state index contributed by atoms with van der Waals surface area (Å²) in [5, 5.41) is 12.6. The third kappa shape index (κ3) is 2.07. The Labute approximate surface area is 108 Å². The smallest absolute Gasteiger partial charge is 0.259 e. The molecule has 3 aromatic heterocycles. The van der Waals surface area contributed by atoms with Crippen molar-refractivity contribution < 1.29 is 4.52 Å². The van der Waals surface area contributed by atoms with Crippen LogP contribution in [-0.4, -0.2) is 25.1 Å². The van der Waals surface area contributed by atoms with E-state index in [2.05, 4.69) is 25.1 Å². The topological polar surface area (TPSA) is 104 Å². The molecule has 3 heterocycles. The number of nitrogens with zero attached hydrogens (tertiary/aromatic N) is 5. The summed E-state index contributed by atoms with van der Waals surface area (Å²) in [7, 11) is 0. The number of H-pyrrole nitrogens is 1. The van der Waals surface area contributed by atoms with Crippen molar-refractivity contribution in [2.45, 2.75) is 6.92 Å². The van der Waals surface area contributed by atoms with E-state index in [0.29, 0.717) is 28.8 Å². The van der Waals surface area contributed by atoms with Gasteiger partial charge in [0.05, 0.1) is 5.56 Å². The molecule has 3 rings (SSSR count). The van der Waals surface area contributed by atoms with E-state index in [0.717, 1.165) is 5.56 Å². The maximum atomic E-state index is 8.74. The first-order chi connectivity index (χ1) is 9.26. The highest BCUT2D eigenvalue weighted by Crippen LogP contribution is 2.20. The average Bonchev–Trinajstić information content (AvgIpc) is 3.08. The quantitative estimate of drug-likeness (QED) is 0.744. The maximum Gasteiger partial charge on any atom is 0.259 e. The molecular weight excluding hydrogens is 244 g/mol. The molecule has 0 unspecified atom stereocenters. The standard InChI is InChI=1S/C12H8N6O/c1-7-4-15-10(16-5-7)11-17-12(19-18-11)8-2-9(3-13)14-6-8/h2,4-6,14H,1H3. The fraction of sp³-hybridized carbons (Fsp3) is 0.0833. The maximum absolute atomic E-state index is 8.74. The van der Waals surface area contributed by atoms with Gasteiger partial charge >= 0.3 is 0 Å². The largest absolute Gasteiger partial charge is 0.352 e. The van der Waals surface area contributed by atoms with Crippen molar-refractivity contribution in [3.8, 4) is 29.2 Å². The van der Waals surface area contributed by atoms with Crippen LogP contribution in [0.5, 0.6) is 0 Å². The minimum absolute atomic E-state index is 0.315. The second kappa shape index (κ2) is 4.34. The van der Waals surface area contributed by atoms with Crippen LogP contribution in [0.25, 0.3) is 23.1 Å². The first kappa shape index (κ1) is 11.1. The third-order valence-electron chi connectivity index (χ3n) is 2.46. The van der Waals surface area contributed by atoms with Crippen molar-refractivity contribution in [1.29, 1.82) is 5.26 Å². The number of aryl methyl sites for hydroxylation is 1. The molecule has 0 aromatic carbocycles. The zero-order chi connectivity index (χ0) is 13.2. The van der Waals surface area contributed by atoms with E-state index in [-0.39, 0.29) is 0 Å². The number of nitriles is 1. The summed E-state index contributed by atoms with van der Waals surface area (Å²) in [6, 6.07) is 3.62. The predicted octanol–water partition coefficient (Wildman–Crippen LogP) is 1.70. The normalized spacial score (nSPS) is 10.3. The van der Waals surface area contributed by atoms with Crippen LogP contribution in [0.1, 0.15) is 11.3 Å². The van der Waals surface area contributed by atoms with Gasteiger partial charge in [0, 0.05) is 18.6 Å². The Morgan fingerprint density at radius 2 is 2.05 bits per heavy atom. The zero-order valence-electron chi connectivity index (χ0n) is 9.95. The van der Waals surface area contributed by atoms with E-state index in [1.807, 2.05) is 13.0 Å². The van der Waals surface area contributed by atoms with Crippen molar-refractivity contribution in [2.75, 3.05) is 0 Å². The van der Waals surface area contributed by atoms with Gasteiger partial charge in [-0.2, -0.15) is 10.2 Å². The minimum Gasteiger partial charge on any atom is -0.352 e. The lowest BCUT2D eigenvalue weighted by Crippen LogP contribution is -1.90. The number of hydrogen-bond donors (Lipinski definition) is 1. The van der Waals surface area contributed by atoms with Gasteiger partial charge in [-0.05, 0) is 18.6 Å². The van der Waals surface area contributed by atoms with Crippen LogP contribution in [0.3, 0.4) is 0 Å². The van der Waals surface area contributed by atoms with Crippen LogP contribution in [-0.2, 0) is 0 Å². The first-order valence-electron chi connectivity index (χ1n) is 5.48. The van der Waals surface area contributed by atoms with Crippen molar-refractivity contribution in [3.63, 3.8) is 0 Å². The van der Waals surface area contributed by atoms with Gasteiger partial charge in [-0.25, -0.2) is 9.97 Å². The summed E-state index contributed by atoms with van der Waals surface area (Å²) < 4.78 is 5.12. The summed E-state index contributed by atoms with van der Waals surface area (Å²) in [6.45, 7) is 1.90. The van der Waals surface area contributed by atoms with Crippen LogP contribution in [0.15, 0.2) is 29.2 Å². The molecule has 0 saturated heterocycles. The molecule has 92 valence electrons. The molecule has 19 heavy (non-hydrogen) atoms. The van der Waals surface area contributed by atoms with E-state index in [1.54, 1.807) is 24.7 Å². The average molecular weight is 252 g/mol. The fourth-order valence-corrected chi connectivity index (χ4v) is 1.52. The van der Waals surface area contributed by atoms with E-state index < -0.39 is 0 Å². The van der Waals surface area contributed by atoms with Crippen molar-refractivity contribution in [1.82, 2.24) is 25.1 Å². The van der Waals surface area contributed by atoms with Crippen molar-refractivity contribution in [2.24, 2.45) is 0 Å². The summed E-state index contributed by atoms with van der Waals surface area (Å²) in [5.41, 5.74) is 2.04. The van der Waals surface area contributed by atoms with Gasteiger partial charge in [-0.15, -0.1) is 0 Å². The second-order valence-electron chi connectivity index (χ2n) is 3.92. The molecule has 0 aliphatic rings. The summed E-state index contributed by atoms with van der Waals surface area (Å²) in [5.74, 6) is 1.03. The second-order valence-corrected chi connectivity index (χ2v) is 3.92. The van der Waals surface area contributed by atoms with Gasteiger partial charge < -0.3 is 9.51 Å². The van der Waals surface area contributed by atoms with Crippen LogP contribution < -0.4 is 0 Å². The lowest BCUT2D eigenvalue weighted by Gasteiger charge is -1.92. The Hall–Kier alpha value is -3.01. The van der Waals surface area contributed by atoms with Crippen molar-refractivity contribution >= 4 is 0 Å². The van der Waals surface area contributed by atoms with Gasteiger partial charge in [0.25, 0.3) is 5.89 Å². The SMILES string of the molecule is Cc1cnc(-c2noc(-c3c[nH]c(C#N)c3)n2)nc1. The Bertz CT molecular complexity index is 749. The van der Waals surface area contributed by atoms with Gasteiger partial charge in [0.1, 0.15) is 11.8 Å². The van der Waals surface area contributed by atoms with E-state index in [4.69, 9.17) is 9.78 Å². The molecule has 0 amide bonds. The Morgan fingerprint density at radius 1 is 1.26 bits per heavy atom. The Morgan fingerprint density at radius 3 is 2.74 bits per heavy atom. The number of hydrogen-bond acceptors (Lipinski definition) is 6. The molecule has 0 bridgehead atoms. The van der Waals surface area contributed by atoms with Gasteiger partial charge in [0.15, 0.2) is 0 Å². The molecule has 0 aliphatic heterocycles. The molecule has 0 spiro atoms.